The molecular formula is C15H22BNO4. The zero-order valence-corrected chi connectivity index (χ0v) is 13.0. The monoisotopic (exact) mass is 291 g/mol. The maximum absolute atomic E-state index is 6.38. The van der Waals surface area contributed by atoms with E-state index in [4.69, 9.17) is 24.5 Å². The van der Waals surface area contributed by atoms with Gasteiger partial charge in [0.1, 0.15) is 13.2 Å². The van der Waals surface area contributed by atoms with E-state index in [0.717, 1.165) is 11.3 Å². The Bertz CT molecular complexity index is 530. The van der Waals surface area contributed by atoms with Crippen LogP contribution >= 0.6 is 0 Å². The van der Waals surface area contributed by atoms with Crippen molar-refractivity contribution in [1.29, 1.82) is 0 Å². The maximum Gasteiger partial charge on any atom is 0.480 e. The number of nitrogens with two attached hydrogens (primary N) is 1. The maximum atomic E-state index is 6.38. The lowest BCUT2D eigenvalue weighted by atomic mass is 9.74. The van der Waals surface area contributed by atoms with E-state index in [2.05, 4.69) is 0 Å². The van der Waals surface area contributed by atoms with Gasteiger partial charge in [-0.2, -0.15) is 0 Å². The quantitative estimate of drug-likeness (QED) is 0.845. The van der Waals surface area contributed by atoms with Crippen LogP contribution in [-0.2, 0) is 9.31 Å². The second kappa shape index (κ2) is 4.90. The summed E-state index contributed by atoms with van der Waals surface area (Å²) in [4.78, 5) is 0. The summed E-state index contributed by atoms with van der Waals surface area (Å²) >= 11 is 0. The predicted molar refractivity (Wildman–Crippen MR) is 80.4 cm³/mol. The van der Waals surface area contributed by atoms with Crippen molar-refractivity contribution >= 4 is 7.12 Å². The first-order chi connectivity index (χ1) is 9.82. The molecule has 2 aliphatic heterocycles. The minimum absolute atomic E-state index is 0.401. The van der Waals surface area contributed by atoms with E-state index < -0.39 is 24.3 Å². The molecule has 6 heteroatoms. The second-order valence-electron chi connectivity index (χ2n) is 6.52. The van der Waals surface area contributed by atoms with Gasteiger partial charge in [-0.1, -0.05) is 12.1 Å². The zero-order chi connectivity index (χ0) is 15.3. The second-order valence-corrected chi connectivity index (χ2v) is 6.52. The van der Waals surface area contributed by atoms with Gasteiger partial charge in [0, 0.05) is 5.56 Å². The summed E-state index contributed by atoms with van der Waals surface area (Å²) in [6.07, 6.45) is 0. The lowest BCUT2D eigenvalue weighted by Crippen LogP contribution is -2.41. The highest BCUT2D eigenvalue weighted by Gasteiger charge is 2.53. The Morgan fingerprint density at radius 2 is 1.67 bits per heavy atom. The smallest absolute Gasteiger partial charge is 0.480 e. The van der Waals surface area contributed by atoms with Crippen LogP contribution in [0.2, 0.25) is 0 Å². The molecule has 2 N–H and O–H groups in total. The number of ether oxygens (including phenoxy) is 2. The van der Waals surface area contributed by atoms with Crippen molar-refractivity contribution in [1.82, 2.24) is 0 Å². The van der Waals surface area contributed by atoms with E-state index in [1.807, 2.05) is 45.9 Å². The first-order valence-electron chi connectivity index (χ1n) is 7.31. The molecule has 21 heavy (non-hydrogen) atoms. The highest BCUT2D eigenvalue weighted by Crippen LogP contribution is 2.43. The van der Waals surface area contributed by atoms with Gasteiger partial charge in [-0.25, -0.2) is 0 Å². The molecule has 1 aromatic carbocycles. The van der Waals surface area contributed by atoms with Gasteiger partial charge in [-0.05, 0) is 33.8 Å². The molecule has 1 saturated heterocycles. The van der Waals surface area contributed by atoms with Gasteiger partial charge in [-0.3, -0.25) is 0 Å². The number of hydrogen-bond donors (Lipinski definition) is 1. The average molecular weight is 291 g/mol. The van der Waals surface area contributed by atoms with Gasteiger partial charge in [0.25, 0.3) is 0 Å². The lowest BCUT2D eigenvalue weighted by Gasteiger charge is -2.32. The Kier molecular flexibility index (Phi) is 3.43. The van der Waals surface area contributed by atoms with Crippen molar-refractivity contribution in [3.8, 4) is 11.5 Å². The number of para-hydroxylation sites is 1. The van der Waals surface area contributed by atoms with Gasteiger partial charge in [0.2, 0.25) is 0 Å². The molecule has 1 fully saturated rings. The molecule has 114 valence electrons. The van der Waals surface area contributed by atoms with Crippen LogP contribution in [0.3, 0.4) is 0 Å². The molecule has 0 bridgehead atoms. The molecule has 1 aromatic rings. The highest BCUT2D eigenvalue weighted by atomic mass is 16.7. The predicted octanol–water partition coefficient (Wildman–Crippen LogP) is 2.09. The third-order valence-corrected chi connectivity index (χ3v) is 4.52. The summed E-state index contributed by atoms with van der Waals surface area (Å²) in [6.45, 7) is 9.14. The van der Waals surface area contributed by atoms with Crippen LogP contribution < -0.4 is 15.2 Å². The zero-order valence-electron chi connectivity index (χ0n) is 13.0. The van der Waals surface area contributed by atoms with E-state index in [-0.39, 0.29) is 0 Å². The van der Waals surface area contributed by atoms with Crippen LogP contribution in [0.15, 0.2) is 18.2 Å². The Morgan fingerprint density at radius 1 is 1.05 bits per heavy atom. The van der Waals surface area contributed by atoms with E-state index in [0.29, 0.717) is 19.0 Å². The highest BCUT2D eigenvalue weighted by molar-refractivity contribution is 6.47. The third kappa shape index (κ3) is 2.41. The van der Waals surface area contributed by atoms with E-state index in [1.54, 1.807) is 0 Å². The normalized spacial score (nSPS) is 24.0. The molecule has 3 rings (SSSR count). The van der Waals surface area contributed by atoms with Gasteiger partial charge >= 0.3 is 7.12 Å². The first kappa shape index (κ1) is 14.7. The molecule has 0 spiro atoms. The summed E-state index contributed by atoms with van der Waals surface area (Å²) in [5.41, 5.74) is 6.43. The minimum Gasteiger partial charge on any atom is -0.486 e. The summed E-state index contributed by atoms with van der Waals surface area (Å²) in [7, 11) is -0.507. The van der Waals surface area contributed by atoms with Crippen LogP contribution in [0.4, 0.5) is 0 Å². The molecule has 0 unspecified atom stereocenters. The van der Waals surface area contributed by atoms with Crippen LogP contribution in [0, 0.1) is 0 Å². The Labute approximate surface area is 125 Å². The van der Waals surface area contributed by atoms with Crippen molar-refractivity contribution in [3.05, 3.63) is 23.8 Å². The largest absolute Gasteiger partial charge is 0.486 e. The van der Waals surface area contributed by atoms with Crippen molar-refractivity contribution in [2.24, 2.45) is 5.73 Å². The molecule has 2 heterocycles. The molecule has 5 nitrogen and oxygen atoms in total. The Morgan fingerprint density at radius 3 is 2.33 bits per heavy atom. The molecular weight excluding hydrogens is 269 g/mol. The molecule has 2 aliphatic rings. The third-order valence-electron chi connectivity index (χ3n) is 4.52. The Hall–Kier alpha value is -1.24. The van der Waals surface area contributed by atoms with Crippen molar-refractivity contribution in [2.45, 2.75) is 44.8 Å². The fourth-order valence-electron chi connectivity index (χ4n) is 2.54. The first-order valence-corrected chi connectivity index (χ1v) is 7.31. The van der Waals surface area contributed by atoms with Gasteiger partial charge < -0.3 is 24.5 Å². The lowest BCUT2D eigenvalue weighted by molar-refractivity contribution is 0.00578. The van der Waals surface area contributed by atoms with Crippen LogP contribution in [0.1, 0.15) is 39.2 Å². The number of rotatable bonds is 2. The number of hydrogen-bond acceptors (Lipinski definition) is 5. The van der Waals surface area contributed by atoms with Crippen LogP contribution in [0.25, 0.3) is 0 Å². The van der Waals surface area contributed by atoms with Crippen LogP contribution in [-0.4, -0.2) is 31.5 Å². The topological polar surface area (TPSA) is 62.9 Å². The average Bonchev–Trinajstić information content (AvgIpc) is 2.66. The van der Waals surface area contributed by atoms with Crippen molar-refractivity contribution < 1.29 is 18.8 Å². The fraction of sp³-hybridized carbons (Fsp3) is 0.600. The van der Waals surface area contributed by atoms with E-state index in [1.165, 1.54) is 0 Å². The molecule has 0 radical (unpaired) electrons. The molecule has 0 saturated carbocycles. The number of fused-ring (bicyclic) bond motifs is 1. The Balaban J connectivity index is 1.89. The summed E-state index contributed by atoms with van der Waals surface area (Å²) in [6, 6.07) is 5.73. The SMILES string of the molecule is CC1(C)OB([C@@H](N)c2cccc3c2OCCO3)OC1(C)C. The molecule has 0 aliphatic carbocycles. The van der Waals surface area contributed by atoms with Gasteiger partial charge in [-0.15, -0.1) is 0 Å². The standard InChI is InChI=1S/C15H22BNO4/c1-14(2)15(3,4)21-16(20-14)13(17)10-6-5-7-11-12(10)19-9-8-18-11/h5-7,13H,8-9,17H2,1-4H3/t13-/m0/s1. The van der Waals surface area contributed by atoms with Gasteiger partial charge in [0.15, 0.2) is 11.5 Å². The summed E-state index contributed by atoms with van der Waals surface area (Å²) in [5.74, 6) is 0.999. The minimum atomic E-state index is -0.507. The van der Waals surface area contributed by atoms with Crippen LogP contribution in [0.5, 0.6) is 11.5 Å². The van der Waals surface area contributed by atoms with Crippen molar-refractivity contribution in [3.63, 3.8) is 0 Å². The van der Waals surface area contributed by atoms with E-state index in [9.17, 15) is 0 Å². The van der Waals surface area contributed by atoms with E-state index >= 15 is 0 Å². The summed E-state index contributed by atoms with van der Waals surface area (Å²) in [5, 5.41) is 0. The molecule has 0 amide bonds. The summed E-state index contributed by atoms with van der Waals surface area (Å²) < 4.78 is 23.4. The molecule has 1 atom stereocenters. The molecule has 0 aromatic heterocycles. The van der Waals surface area contributed by atoms with Crippen molar-refractivity contribution in [2.75, 3.05) is 13.2 Å². The fourth-order valence-corrected chi connectivity index (χ4v) is 2.54. The number of benzene rings is 1. The van der Waals surface area contributed by atoms with Gasteiger partial charge in [0.05, 0.1) is 17.1 Å².